The summed E-state index contributed by atoms with van der Waals surface area (Å²) in [5.74, 6) is 0.820. The van der Waals surface area contributed by atoms with Crippen LogP contribution in [-0.4, -0.2) is 19.2 Å². The molecule has 2 nitrogen and oxygen atoms in total. The number of likely N-dealkylation sites (N-methyl/N-ethyl adjacent to an activating group) is 1. The van der Waals surface area contributed by atoms with E-state index in [9.17, 15) is 0 Å². The fourth-order valence-corrected chi connectivity index (χ4v) is 1.89. The molecule has 0 amide bonds. The van der Waals surface area contributed by atoms with Gasteiger partial charge in [-0.15, -0.1) is 6.58 Å². The van der Waals surface area contributed by atoms with Crippen LogP contribution in [0.4, 0.5) is 0 Å². The van der Waals surface area contributed by atoms with Crippen LogP contribution < -0.4 is 10.1 Å². The zero-order valence-electron chi connectivity index (χ0n) is 11.2. The minimum absolute atomic E-state index is 0.352. The monoisotopic (exact) mass is 267 g/mol. The Morgan fingerprint density at radius 1 is 1.50 bits per heavy atom. The molecule has 0 bridgehead atoms. The lowest BCUT2D eigenvalue weighted by Gasteiger charge is -2.18. The van der Waals surface area contributed by atoms with E-state index in [1.54, 1.807) is 0 Å². The number of allylic oxidation sites excluding steroid dienone is 1. The summed E-state index contributed by atoms with van der Waals surface area (Å²) in [7, 11) is 0. The van der Waals surface area contributed by atoms with Crippen molar-refractivity contribution in [2.24, 2.45) is 0 Å². The van der Waals surface area contributed by atoms with Crippen molar-refractivity contribution < 1.29 is 4.74 Å². The quantitative estimate of drug-likeness (QED) is 0.718. The number of rotatable bonds is 8. The first-order valence-corrected chi connectivity index (χ1v) is 6.75. The van der Waals surface area contributed by atoms with Crippen molar-refractivity contribution in [3.05, 3.63) is 41.4 Å². The summed E-state index contributed by atoms with van der Waals surface area (Å²) >= 11 is 5.92. The Hall–Kier alpha value is -0.990. The number of benzene rings is 1. The van der Waals surface area contributed by atoms with Gasteiger partial charge in [-0.2, -0.15) is 0 Å². The van der Waals surface area contributed by atoms with Gasteiger partial charge in [-0.1, -0.05) is 30.2 Å². The second kappa shape index (κ2) is 8.17. The van der Waals surface area contributed by atoms with E-state index < -0.39 is 0 Å². The standard InChI is InChI=1S/C15H22ClNO/c1-4-17-14(9-8-12(2)3)11-18-15-7-5-6-13(16)10-15/h5-7,10,14,17H,2,4,8-9,11H2,1,3H3. The Morgan fingerprint density at radius 2 is 2.28 bits per heavy atom. The molecule has 0 radical (unpaired) electrons. The van der Waals surface area contributed by atoms with Crippen molar-refractivity contribution in [1.29, 1.82) is 0 Å². The average molecular weight is 268 g/mol. The molecular weight excluding hydrogens is 246 g/mol. The molecule has 0 fully saturated rings. The third-order valence-corrected chi connectivity index (χ3v) is 2.89. The molecule has 18 heavy (non-hydrogen) atoms. The molecule has 1 aromatic rings. The van der Waals surface area contributed by atoms with E-state index in [-0.39, 0.29) is 0 Å². The molecule has 1 rings (SSSR count). The summed E-state index contributed by atoms with van der Waals surface area (Å²) in [5.41, 5.74) is 1.21. The molecule has 0 heterocycles. The van der Waals surface area contributed by atoms with Crippen LogP contribution >= 0.6 is 11.6 Å². The maximum absolute atomic E-state index is 5.92. The van der Waals surface area contributed by atoms with Crippen LogP contribution in [0.5, 0.6) is 5.75 Å². The Kier molecular flexibility index (Phi) is 6.84. The van der Waals surface area contributed by atoms with Gasteiger partial charge in [-0.25, -0.2) is 0 Å². The van der Waals surface area contributed by atoms with Crippen molar-refractivity contribution in [2.45, 2.75) is 32.7 Å². The molecular formula is C15H22ClNO. The summed E-state index contributed by atoms with van der Waals surface area (Å²) in [5, 5.41) is 4.13. The fourth-order valence-electron chi connectivity index (χ4n) is 1.71. The Bertz CT molecular complexity index is 379. The zero-order valence-corrected chi connectivity index (χ0v) is 12.0. The highest BCUT2D eigenvalue weighted by Crippen LogP contribution is 2.17. The number of hydrogen-bond acceptors (Lipinski definition) is 2. The Morgan fingerprint density at radius 3 is 2.89 bits per heavy atom. The summed E-state index contributed by atoms with van der Waals surface area (Å²) in [6, 6.07) is 7.85. The molecule has 100 valence electrons. The largest absolute Gasteiger partial charge is 0.492 e. The second-order valence-corrected chi connectivity index (χ2v) is 4.96. The van der Waals surface area contributed by atoms with Crippen LogP contribution in [-0.2, 0) is 0 Å². The number of halogens is 1. The van der Waals surface area contributed by atoms with Crippen LogP contribution in [0.1, 0.15) is 26.7 Å². The van der Waals surface area contributed by atoms with E-state index in [4.69, 9.17) is 16.3 Å². The fraction of sp³-hybridized carbons (Fsp3) is 0.467. The predicted octanol–water partition coefficient (Wildman–Crippen LogP) is 4.05. The first kappa shape index (κ1) is 15.1. The van der Waals surface area contributed by atoms with Crippen LogP contribution in [0, 0.1) is 0 Å². The summed E-state index contributed by atoms with van der Waals surface area (Å²) in [6.45, 7) is 9.69. The summed E-state index contributed by atoms with van der Waals surface area (Å²) in [6.07, 6.45) is 2.07. The molecule has 0 saturated heterocycles. The zero-order chi connectivity index (χ0) is 13.4. The van der Waals surface area contributed by atoms with Crippen LogP contribution in [0.3, 0.4) is 0 Å². The van der Waals surface area contributed by atoms with Gasteiger partial charge in [0.25, 0.3) is 0 Å². The van der Waals surface area contributed by atoms with E-state index in [1.807, 2.05) is 24.3 Å². The lowest BCUT2D eigenvalue weighted by Crippen LogP contribution is -2.34. The summed E-state index contributed by atoms with van der Waals surface area (Å²) in [4.78, 5) is 0. The molecule has 0 aliphatic carbocycles. The van der Waals surface area contributed by atoms with Gasteiger partial charge >= 0.3 is 0 Å². The normalized spacial score (nSPS) is 12.2. The maximum atomic E-state index is 5.92. The third-order valence-electron chi connectivity index (χ3n) is 2.66. The highest BCUT2D eigenvalue weighted by molar-refractivity contribution is 6.30. The highest BCUT2D eigenvalue weighted by Gasteiger charge is 2.08. The number of hydrogen-bond donors (Lipinski definition) is 1. The van der Waals surface area contributed by atoms with Gasteiger partial charge in [0.2, 0.25) is 0 Å². The first-order valence-electron chi connectivity index (χ1n) is 6.38. The lowest BCUT2D eigenvalue weighted by atomic mass is 10.1. The predicted molar refractivity (Wildman–Crippen MR) is 78.5 cm³/mol. The van der Waals surface area contributed by atoms with Crippen LogP contribution in [0.15, 0.2) is 36.4 Å². The second-order valence-electron chi connectivity index (χ2n) is 4.52. The molecule has 0 aromatic heterocycles. The molecule has 1 unspecified atom stereocenters. The van der Waals surface area contributed by atoms with Gasteiger partial charge in [-0.3, -0.25) is 0 Å². The minimum Gasteiger partial charge on any atom is -0.492 e. The van der Waals surface area contributed by atoms with Crippen molar-refractivity contribution in [2.75, 3.05) is 13.2 Å². The topological polar surface area (TPSA) is 21.3 Å². The van der Waals surface area contributed by atoms with E-state index in [0.717, 1.165) is 25.1 Å². The average Bonchev–Trinajstić information content (AvgIpc) is 2.32. The van der Waals surface area contributed by atoms with Gasteiger partial charge in [0.15, 0.2) is 0 Å². The molecule has 0 aliphatic heterocycles. The van der Waals surface area contributed by atoms with Crippen molar-refractivity contribution in [1.82, 2.24) is 5.32 Å². The molecule has 0 saturated carbocycles. The SMILES string of the molecule is C=C(C)CCC(COc1cccc(Cl)c1)NCC. The Labute approximate surface area is 115 Å². The third kappa shape index (κ3) is 6.08. The van der Waals surface area contributed by atoms with E-state index >= 15 is 0 Å². The molecule has 0 spiro atoms. The van der Waals surface area contributed by atoms with Crippen LogP contribution in [0.25, 0.3) is 0 Å². The first-order chi connectivity index (χ1) is 8.61. The van der Waals surface area contributed by atoms with E-state index in [2.05, 4.69) is 25.7 Å². The van der Waals surface area contributed by atoms with Gasteiger partial charge in [0.1, 0.15) is 12.4 Å². The van der Waals surface area contributed by atoms with Gasteiger partial charge in [0.05, 0.1) is 0 Å². The van der Waals surface area contributed by atoms with E-state index in [0.29, 0.717) is 17.7 Å². The molecule has 3 heteroatoms. The maximum Gasteiger partial charge on any atom is 0.120 e. The summed E-state index contributed by atoms with van der Waals surface area (Å²) < 4.78 is 5.76. The van der Waals surface area contributed by atoms with Crippen molar-refractivity contribution in [3.63, 3.8) is 0 Å². The highest BCUT2D eigenvalue weighted by atomic mass is 35.5. The molecule has 1 aromatic carbocycles. The van der Waals surface area contributed by atoms with E-state index in [1.165, 1.54) is 5.57 Å². The molecule has 1 atom stereocenters. The van der Waals surface area contributed by atoms with Gasteiger partial charge < -0.3 is 10.1 Å². The number of nitrogens with one attached hydrogen (secondary N) is 1. The van der Waals surface area contributed by atoms with Crippen molar-refractivity contribution in [3.8, 4) is 5.75 Å². The molecule has 1 N–H and O–H groups in total. The minimum atomic E-state index is 0.352. The molecule has 0 aliphatic rings. The van der Waals surface area contributed by atoms with Gasteiger partial charge in [-0.05, 0) is 44.5 Å². The lowest BCUT2D eigenvalue weighted by molar-refractivity contribution is 0.258. The Balaban J connectivity index is 2.43. The van der Waals surface area contributed by atoms with Crippen LogP contribution in [0.2, 0.25) is 5.02 Å². The van der Waals surface area contributed by atoms with Gasteiger partial charge in [0, 0.05) is 11.1 Å². The van der Waals surface area contributed by atoms with Crippen molar-refractivity contribution >= 4 is 11.6 Å². The smallest absolute Gasteiger partial charge is 0.120 e. The number of ether oxygens (including phenoxy) is 1.